The summed E-state index contributed by atoms with van der Waals surface area (Å²) in [4.78, 5) is 17.3. The zero-order chi connectivity index (χ0) is 18.3. The molecule has 0 bridgehead atoms. The second kappa shape index (κ2) is 6.42. The Morgan fingerprint density at radius 1 is 1.15 bits per heavy atom. The lowest BCUT2D eigenvalue weighted by Gasteiger charge is -2.04. The van der Waals surface area contributed by atoms with Gasteiger partial charge in [-0.25, -0.2) is 9.67 Å². The normalized spacial score (nSPS) is 11.2. The Balaban J connectivity index is 1.81. The van der Waals surface area contributed by atoms with Gasteiger partial charge in [0, 0.05) is 22.5 Å². The van der Waals surface area contributed by atoms with Gasteiger partial charge >= 0.3 is 0 Å². The van der Waals surface area contributed by atoms with E-state index in [0.717, 1.165) is 27.5 Å². The monoisotopic (exact) mass is 364 g/mol. The number of fused-ring (bicyclic) bond motifs is 2. The number of hydrogen-bond acceptors (Lipinski definition) is 3. The van der Waals surface area contributed by atoms with Gasteiger partial charge in [-0.15, -0.1) is 0 Å². The topological polar surface area (TPSA) is 59.8 Å². The SMILES string of the molecule is CCn1nc(NC(=O)c2ccc(Cl)cc2)c2cc3cc(C)ccc3nc21. The van der Waals surface area contributed by atoms with E-state index in [1.165, 1.54) is 0 Å². The van der Waals surface area contributed by atoms with Crippen LogP contribution in [0.1, 0.15) is 22.8 Å². The van der Waals surface area contributed by atoms with Crippen molar-refractivity contribution < 1.29 is 4.79 Å². The minimum absolute atomic E-state index is 0.228. The maximum Gasteiger partial charge on any atom is 0.256 e. The number of halogens is 1. The van der Waals surface area contributed by atoms with Crippen LogP contribution in [0.3, 0.4) is 0 Å². The first-order valence-electron chi connectivity index (χ1n) is 8.40. The van der Waals surface area contributed by atoms with Gasteiger partial charge in [-0.1, -0.05) is 23.2 Å². The van der Waals surface area contributed by atoms with Crippen LogP contribution >= 0.6 is 11.6 Å². The largest absolute Gasteiger partial charge is 0.305 e. The molecule has 0 saturated carbocycles. The fourth-order valence-electron chi connectivity index (χ4n) is 2.97. The molecule has 0 fully saturated rings. The van der Waals surface area contributed by atoms with Crippen molar-refractivity contribution in [2.45, 2.75) is 20.4 Å². The van der Waals surface area contributed by atoms with Gasteiger partial charge in [0.25, 0.3) is 5.91 Å². The van der Waals surface area contributed by atoms with Crippen molar-refractivity contribution in [3.63, 3.8) is 0 Å². The molecule has 0 unspecified atom stereocenters. The Bertz CT molecular complexity index is 1130. The number of carbonyl (C=O) groups excluding carboxylic acids is 1. The summed E-state index contributed by atoms with van der Waals surface area (Å²) in [5.74, 6) is 0.284. The lowest BCUT2D eigenvalue weighted by molar-refractivity contribution is 0.102. The number of nitrogens with zero attached hydrogens (tertiary/aromatic N) is 3. The van der Waals surface area contributed by atoms with Gasteiger partial charge in [0.1, 0.15) is 0 Å². The number of amides is 1. The number of rotatable bonds is 3. The number of hydrogen-bond donors (Lipinski definition) is 1. The molecule has 0 aliphatic rings. The maximum absolute atomic E-state index is 12.6. The van der Waals surface area contributed by atoms with Gasteiger partial charge in [-0.3, -0.25) is 4.79 Å². The van der Waals surface area contributed by atoms with Crippen LogP contribution in [-0.4, -0.2) is 20.7 Å². The Hall–Kier alpha value is -2.92. The molecule has 4 aromatic rings. The molecular formula is C20H17ClN4O. The zero-order valence-electron chi connectivity index (χ0n) is 14.5. The summed E-state index contributed by atoms with van der Waals surface area (Å²) in [5.41, 5.74) is 3.36. The minimum Gasteiger partial charge on any atom is -0.305 e. The van der Waals surface area contributed by atoms with Gasteiger partial charge in [-0.05, 0) is 56.3 Å². The van der Waals surface area contributed by atoms with E-state index in [1.807, 2.05) is 32.0 Å². The van der Waals surface area contributed by atoms with Crippen LogP contribution in [0.15, 0.2) is 48.5 Å². The maximum atomic E-state index is 12.6. The average Bonchev–Trinajstić information content (AvgIpc) is 2.97. The molecule has 0 radical (unpaired) electrons. The predicted octanol–water partition coefficient (Wildman–Crippen LogP) is 4.82. The zero-order valence-corrected chi connectivity index (χ0v) is 15.2. The molecule has 0 spiro atoms. The van der Waals surface area contributed by atoms with Gasteiger partial charge in [0.05, 0.1) is 10.9 Å². The summed E-state index contributed by atoms with van der Waals surface area (Å²) in [7, 11) is 0. The molecule has 6 heteroatoms. The van der Waals surface area contributed by atoms with Crippen molar-refractivity contribution in [1.82, 2.24) is 14.8 Å². The Labute approximate surface area is 155 Å². The number of nitrogens with one attached hydrogen (secondary N) is 1. The summed E-state index contributed by atoms with van der Waals surface area (Å²) in [5, 5.41) is 9.87. The van der Waals surface area contributed by atoms with E-state index >= 15 is 0 Å². The van der Waals surface area contributed by atoms with E-state index in [0.29, 0.717) is 22.9 Å². The van der Waals surface area contributed by atoms with E-state index < -0.39 is 0 Å². The highest BCUT2D eigenvalue weighted by Gasteiger charge is 2.15. The summed E-state index contributed by atoms with van der Waals surface area (Å²) in [6, 6.07) is 14.9. The van der Waals surface area contributed by atoms with Crippen molar-refractivity contribution in [2.24, 2.45) is 0 Å². The first-order valence-corrected chi connectivity index (χ1v) is 8.78. The standard InChI is InChI=1S/C20H17ClN4O/c1-3-25-19-16(11-14-10-12(2)4-9-17(14)22-19)18(24-25)23-20(26)13-5-7-15(21)8-6-13/h4-11H,3H2,1-2H3,(H,23,24,26). The van der Waals surface area contributed by atoms with Gasteiger partial charge < -0.3 is 5.32 Å². The highest BCUT2D eigenvalue weighted by molar-refractivity contribution is 6.30. The fraction of sp³-hybridized carbons (Fsp3) is 0.150. The van der Waals surface area contributed by atoms with Crippen LogP contribution < -0.4 is 5.32 Å². The summed E-state index contributed by atoms with van der Waals surface area (Å²) < 4.78 is 1.80. The van der Waals surface area contributed by atoms with Crippen LogP contribution in [0.25, 0.3) is 21.9 Å². The van der Waals surface area contributed by atoms with E-state index in [2.05, 4.69) is 16.5 Å². The Kier molecular flexibility index (Phi) is 4.09. The molecule has 2 heterocycles. The molecule has 0 aliphatic carbocycles. The van der Waals surface area contributed by atoms with Gasteiger partial charge in [-0.2, -0.15) is 5.10 Å². The van der Waals surface area contributed by atoms with E-state index in [-0.39, 0.29) is 5.91 Å². The van der Waals surface area contributed by atoms with E-state index in [1.54, 1.807) is 28.9 Å². The first kappa shape index (κ1) is 16.5. The molecule has 2 aromatic carbocycles. The Morgan fingerprint density at radius 3 is 2.65 bits per heavy atom. The molecule has 26 heavy (non-hydrogen) atoms. The lowest BCUT2D eigenvalue weighted by atomic mass is 10.1. The quantitative estimate of drug-likeness (QED) is 0.567. The smallest absolute Gasteiger partial charge is 0.256 e. The van der Waals surface area contributed by atoms with Crippen LogP contribution in [0, 0.1) is 6.92 Å². The third-order valence-corrected chi connectivity index (χ3v) is 4.56. The van der Waals surface area contributed by atoms with Crippen molar-refractivity contribution in [1.29, 1.82) is 0 Å². The molecule has 0 atom stereocenters. The molecule has 2 aromatic heterocycles. The van der Waals surface area contributed by atoms with Gasteiger partial charge in [0.2, 0.25) is 0 Å². The first-order chi connectivity index (χ1) is 12.5. The average molecular weight is 365 g/mol. The number of pyridine rings is 1. The second-order valence-corrected chi connectivity index (χ2v) is 6.62. The number of aryl methyl sites for hydroxylation is 2. The Morgan fingerprint density at radius 2 is 1.92 bits per heavy atom. The molecule has 4 rings (SSSR count). The molecule has 130 valence electrons. The van der Waals surface area contributed by atoms with Gasteiger partial charge in [0.15, 0.2) is 11.5 Å². The third kappa shape index (κ3) is 2.91. The lowest BCUT2D eigenvalue weighted by Crippen LogP contribution is -2.12. The summed E-state index contributed by atoms with van der Waals surface area (Å²) >= 11 is 5.89. The van der Waals surface area contributed by atoms with E-state index in [9.17, 15) is 4.79 Å². The van der Waals surface area contributed by atoms with Crippen LogP contribution in [0.5, 0.6) is 0 Å². The van der Waals surface area contributed by atoms with Crippen molar-refractivity contribution in [3.05, 3.63) is 64.7 Å². The molecule has 1 amide bonds. The molecule has 1 N–H and O–H groups in total. The molecule has 0 saturated heterocycles. The number of benzene rings is 2. The molecular weight excluding hydrogens is 348 g/mol. The van der Waals surface area contributed by atoms with Crippen molar-refractivity contribution >= 4 is 45.3 Å². The molecule has 0 aliphatic heterocycles. The number of anilines is 1. The van der Waals surface area contributed by atoms with Crippen LogP contribution in [0.4, 0.5) is 5.82 Å². The summed E-state index contributed by atoms with van der Waals surface area (Å²) in [6.45, 7) is 4.71. The minimum atomic E-state index is -0.228. The third-order valence-electron chi connectivity index (χ3n) is 4.31. The number of aromatic nitrogens is 3. The predicted molar refractivity (Wildman–Crippen MR) is 105 cm³/mol. The number of carbonyl (C=O) groups is 1. The highest BCUT2D eigenvalue weighted by atomic mass is 35.5. The van der Waals surface area contributed by atoms with Crippen LogP contribution in [0.2, 0.25) is 5.02 Å². The fourth-order valence-corrected chi connectivity index (χ4v) is 3.10. The summed E-state index contributed by atoms with van der Waals surface area (Å²) in [6.07, 6.45) is 0. The van der Waals surface area contributed by atoms with Crippen molar-refractivity contribution in [3.8, 4) is 0 Å². The van der Waals surface area contributed by atoms with Crippen LogP contribution in [-0.2, 0) is 6.54 Å². The highest BCUT2D eigenvalue weighted by Crippen LogP contribution is 2.27. The second-order valence-electron chi connectivity index (χ2n) is 6.18. The van der Waals surface area contributed by atoms with E-state index in [4.69, 9.17) is 16.6 Å². The van der Waals surface area contributed by atoms with Crippen molar-refractivity contribution in [2.75, 3.05) is 5.32 Å². The molecule has 5 nitrogen and oxygen atoms in total.